The smallest absolute Gasteiger partial charge is 0.238 e. The summed E-state index contributed by atoms with van der Waals surface area (Å²) >= 11 is 1.20. The molecule has 0 aliphatic carbocycles. The van der Waals surface area contributed by atoms with Gasteiger partial charge in [-0.05, 0) is 35.9 Å². The first-order chi connectivity index (χ1) is 14.7. The number of nitrogens with two attached hydrogens (primary N) is 1. The molecule has 4 aromatic rings. The van der Waals surface area contributed by atoms with E-state index in [4.69, 9.17) is 5.14 Å². The van der Waals surface area contributed by atoms with Crippen LogP contribution >= 0.6 is 11.3 Å². The monoisotopic (exact) mass is 460 g/mol. The molecule has 2 N–H and O–H groups in total. The maximum atomic E-state index is 13.8. The van der Waals surface area contributed by atoms with E-state index >= 15 is 0 Å². The third-order valence-corrected chi connectivity index (χ3v) is 6.23. The number of halogens is 2. The molecule has 4 rings (SSSR count). The first-order valence-corrected chi connectivity index (χ1v) is 11.2. The van der Waals surface area contributed by atoms with E-state index in [0.29, 0.717) is 34.7 Å². The highest BCUT2D eigenvalue weighted by molar-refractivity contribution is 7.89. The largest absolute Gasteiger partial charge is 0.296 e. The number of primary sulfonamides is 1. The molecule has 0 aliphatic rings. The van der Waals surface area contributed by atoms with Crippen LogP contribution in [0, 0.1) is 11.6 Å². The molecule has 0 aliphatic heterocycles. The fourth-order valence-electron chi connectivity index (χ4n) is 2.98. The summed E-state index contributed by atoms with van der Waals surface area (Å²) < 4.78 is 51.6. The van der Waals surface area contributed by atoms with Crippen molar-refractivity contribution in [3.05, 3.63) is 82.5 Å². The molecular formula is C20H14F2N4O3S2. The van der Waals surface area contributed by atoms with E-state index in [1.807, 2.05) is 0 Å². The summed E-state index contributed by atoms with van der Waals surface area (Å²) in [6, 6.07) is 9.49. The van der Waals surface area contributed by atoms with Gasteiger partial charge in [-0.1, -0.05) is 12.1 Å². The highest BCUT2D eigenvalue weighted by atomic mass is 32.2. The van der Waals surface area contributed by atoms with Gasteiger partial charge in [0.2, 0.25) is 15.2 Å². The Labute approximate surface area is 179 Å². The first-order valence-electron chi connectivity index (χ1n) is 8.81. The predicted molar refractivity (Wildman–Crippen MR) is 111 cm³/mol. The quantitative estimate of drug-likeness (QED) is 0.444. The van der Waals surface area contributed by atoms with Gasteiger partial charge in [-0.25, -0.2) is 32.0 Å². The second-order valence-corrected chi connectivity index (χ2v) is 9.01. The molecule has 0 amide bonds. The van der Waals surface area contributed by atoms with Gasteiger partial charge in [0.15, 0.2) is 17.9 Å². The number of nitrogens with zero attached hydrogens (tertiary/aromatic N) is 3. The second-order valence-electron chi connectivity index (χ2n) is 6.61. The lowest BCUT2D eigenvalue weighted by atomic mass is 10.0. The number of thiazole rings is 1. The predicted octanol–water partition coefficient (Wildman–Crippen LogP) is 3.32. The summed E-state index contributed by atoms with van der Waals surface area (Å²) in [6.45, 7) is 0. The Morgan fingerprint density at radius 3 is 2.45 bits per heavy atom. The van der Waals surface area contributed by atoms with E-state index < -0.39 is 21.7 Å². The van der Waals surface area contributed by atoms with Crippen molar-refractivity contribution in [1.82, 2.24) is 14.8 Å². The third-order valence-electron chi connectivity index (χ3n) is 4.46. The van der Waals surface area contributed by atoms with Crippen LogP contribution in [0.1, 0.15) is 21.6 Å². The van der Waals surface area contributed by atoms with Gasteiger partial charge in [0.25, 0.3) is 0 Å². The van der Waals surface area contributed by atoms with Crippen LogP contribution in [0.3, 0.4) is 0 Å². The minimum absolute atomic E-state index is 0.0167. The Balaban J connectivity index is 1.77. The molecule has 11 heteroatoms. The molecule has 0 unspecified atom stereocenters. The van der Waals surface area contributed by atoms with Crippen molar-refractivity contribution in [2.75, 3.05) is 0 Å². The summed E-state index contributed by atoms with van der Waals surface area (Å²) in [4.78, 5) is 15.1. The number of rotatable bonds is 6. The Hall–Kier alpha value is -3.28. The first kappa shape index (κ1) is 21.0. The second kappa shape index (κ2) is 8.10. The average molecular weight is 460 g/mol. The van der Waals surface area contributed by atoms with Crippen LogP contribution in [0.5, 0.6) is 0 Å². The van der Waals surface area contributed by atoms with Gasteiger partial charge in [-0.15, -0.1) is 11.3 Å². The number of hydrogen-bond donors (Lipinski definition) is 1. The zero-order valence-electron chi connectivity index (χ0n) is 15.7. The van der Waals surface area contributed by atoms with Crippen LogP contribution in [0.2, 0.25) is 0 Å². The number of sulfonamides is 1. The molecule has 0 saturated carbocycles. The Morgan fingerprint density at radius 2 is 1.84 bits per heavy atom. The summed E-state index contributed by atoms with van der Waals surface area (Å²) in [5.41, 5.74) is 2.43. The number of hydrogen-bond acceptors (Lipinski definition) is 6. The number of carbonyl (C=O) groups excluding carboxylic acids is 1. The van der Waals surface area contributed by atoms with E-state index in [9.17, 15) is 22.0 Å². The standard InChI is InChI=1S/C20H14F2N4O3S2/c21-17-6-3-13(8-18(17)22)19-14(7-12-1-4-16(5-2-12)31(23,28)29)9-26(25-19)20-24-15(10-27)11-30-20/h1-6,8-11H,7H2,(H2,23,28,29). The maximum Gasteiger partial charge on any atom is 0.238 e. The van der Waals surface area contributed by atoms with Crippen molar-refractivity contribution in [3.63, 3.8) is 0 Å². The van der Waals surface area contributed by atoms with Crippen molar-refractivity contribution in [2.24, 2.45) is 5.14 Å². The molecule has 158 valence electrons. The van der Waals surface area contributed by atoms with Gasteiger partial charge in [0.05, 0.1) is 10.6 Å². The Kier molecular flexibility index (Phi) is 5.48. The molecule has 0 spiro atoms. The lowest BCUT2D eigenvalue weighted by molar-refractivity contribution is 0.111. The number of aromatic nitrogens is 3. The topological polar surface area (TPSA) is 108 Å². The molecule has 2 heterocycles. The molecule has 2 aromatic heterocycles. The summed E-state index contributed by atoms with van der Waals surface area (Å²) in [7, 11) is -3.81. The number of aldehydes is 1. The molecule has 0 bridgehead atoms. The van der Waals surface area contributed by atoms with Crippen molar-refractivity contribution in [3.8, 4) is 16.4 Å². The van der Waals surface area contributed by atoms with Crippen LogP contribution in [-0.4, -0.2) is 29.5 Å². The molecule has 2 aromatic carbocycles. The van der Waals surface area contributed by atoms with Crippen LogP contribution in [0.15, 0.2) is 58.9 Å². The lowest BCUT2D eigenvalue weighted by Gasteiger charge is -2.05. The number of carbonyl (C=O) groups is 1. The number of benzene rings is 2. The SMILES string of the molecule is NS(=O)(=O)c1ccc(Cc2cn(-c3nc(C=O)cs3)nc2-c2ccc(F)c(F)c2)cc1. The van der Waals surface area contributed by atoms with Crippen LogP contribution in [0.25, 0.3) is 16.4 Å². The van der Waals surface area contributed by atoms with Crippen molar-refractivity contribution in [2.45, 2.75) is 11.3 Å². The summed E-state index contributed by atoms with van der Waals surface area (Å²) in [5, 5.41) is 11.6. The van der Waals surface area contributed by atoms with Gasteiger partial charge in [0, 0.05) is 29.1 Å². The molecule has 0 fully saturated rings. The van der Waals surface area contributed by atoms with Gasteiger partial charge in [-0.3, -0.25) is 4.79 Å². The van der Waals surface area contributed by atoms with Gasteiger partial charge >= 0.3 is 0 Å². The van der Waals surface area contributed by atoms with Gasteiger partial charge in [-0.2, -0.15) is 5.10 Å². The normalized spacial score (nSPS) is 11.6. The molecule has 0 atom stereocenters. The van der Waals surface area contributed by atoms with Crippen molar-refractivity contribution in [1.29, 1.82) is 0 Å². The van der Waals surface area contributed by atoms with E-state index in [1.165, 1.54) is 34.2 Å². The fraction of sp³-hybridized carbons (Fsp3) is 0.0500. The average Bonchev–Trinajstić information content (AvgIpc) is 3.37. The van der Waals surface area contributed by atoms with E-state index in [-0.39, 0.29) is 10.6 Å². The zero-order valence-corrected chi connectivity index (χ0v) is 17.3. The van der Waals surface area contributed by atoms with E-state index in [0.717, 1.165) is 17.7 Å². The highest BCUT2D eigenvalue weighted by Gasteiger charge is 2.17. The minimum atomic E-state index is -3.81. The van der Waals surface area contributed by atoms with E-state index in [1.54, 1.807) is 23.7 Å². The molecular weight excluding hydrogens is 446 g/mol. The maximum absolute atomic E-state index is 13.8. The highest BCUT2D eigenvalue weighted by Crippen LogP contribution is 2.28. The Bertz CT molecular complexity index is 1380. The lowest BCUT2D eigenvalue weighted by Crippen LogP contribution is -2.11. The fourth-order valence-corrected chi connectivity index (χ4v) is 4.19. The minimum Gasteiger partial charge on any atom is -0.296 e. The summed E-state index contributed by atoms with van der Waals surface area (Å²) in [5.74, 6) is -1.98. The zero-order chi connectivity index (χ0) is 22.2. The van der Waals surface area contributed by atoms with Crippen LogP contribution in [-0.2, 0) is 16.4 Å². The molecule has 7 nitrogen and oxygen atoms in total. The molecule has 0 saturated heterocycles. The Morgan fingerprint density at radius 1 is 1.10 bits per heavy atom. The molecule has 31 heavy (non-hydrogen) atoms. The van der Waals surface area contributed by atoms with E-state index in [2.05, 4.69) is 10.1 Å². The van der Waals surface area contributed by atoms with Crippen LogP contribution in [0.4, 0.5) is 8.78 Å². The third kappa shape index (κ3) is 4.43. The van der Waals surface area contributed by atoms with Gasteiger partial charge < -0.3 is 0 Å². The molecule has 0 radical (unpaired) electrons. The summed E-state index contributed by atoms with van der Waals surface area (Å²) in [6.07, 6.45) is 2.62. The van der Waals surface area contributed by atoms with Crippen molar-refractivity contribution >= 4 is 27.6 Å². The van der Waals surface area contributed by atoms with Crippen molar-refractivity contribution < 1.29 is 22.0 Å². The van der Waals surface area contributed by atoms with Crippen LogP contribution < -0.4 is 5.14 Å². The van der Waals surface area contributed by atoms with Gasteiger partial charge in [0.1, 0.15) is 5.69 Å².